The molecule has 0 atom stereocenters. The van der Waals surface area contributed by atoms with Crippen molar-refractivity contribution in [1.29, 1.82) is 0 Å². The Morgan fingerprint density at radius 2 is 1.74 bits per heavy atom. The zero-order chi connectivity index (χ0) is 14.4. The van der Waals surface area contributed by atoms with Gasteiger partial charge in [0.25, 0.3) is 0 Å². The molecule has 0 aliphatic heterocycles. The standard InChI is InChI=1S/C10H4F6N2O/c11-9(12,13)5-1-2-6-7(3-5)18(4-17-6)8(19)10(14,15)16/h1-4H. The lowest BCUT2D eigenvalue weighted by Gasteiger charge is -2.08. The molecular formula is C10H4F6N2O. The predicted octanol–water partition coefficient (Wildman–Crippen LogP) is 3.26. The fourth-order valence-electron chi connectivity index (χ4n) is 1.48. The first-order chi connectivity index (χ1) is 8.60. The zero-order valence-electron chi connectivity index (χ0n) is 8.88. The van der Waals surface area contributed by atoms with Gasteiger partial charge in [0.15, 0.2) is 0 Å². The van der Waals surface area contributed by atoms with Crippen molar-refractivity contribution in [2.45, 2.75) is 12.4 Å². The molecule has 1 aromatic heterocycles. The van der Waals surface area contributed by atoms with Gasteiger partial charge in [0, 0.05) is 0 Å². The normalized spacial score (nSPS) is 12.9. The number of nitrogens with zero attached hydrogens (tertiary/aromatic N) is 2. The molecule has 0 N–H and O–H groups in total. The fraction of sp³-hybridized carbons (Fsp3) is 0.200. The molecule has 1 aromatic carbocycles. The average molecular weight is 282 g/mol. The van der Waals surface area contributed by atoms with Crippen LogP contribution < -0.4 is 0 Å². The molecule has 19 heavy (non-hydrogen) atoms. The number of rotatable bonds is 0. The van der Waals surface area contributed by atoms with Crippen molar-refractivity contribution >= 4 is 16.9 Å². The van der Waals surface area contributed by atoms with Crippen LogP contribution in [0.5, 0.6) is 0 Å². The quantitative estimate of drug-likeness (QED) is 0.695. The van der Waals surface area contributed by atoms with Crippen molar-refractivity contribution < 1.29 is 31.1 Å². The van der Waals surface area contributed by atoms with Crippen LogP contribution in [0.1, 0.15) is 10.4 Å². The maximum Gasteiger partial charge on any atom is 0.472 e. The predicted molar refractivity (Wildman–Crippen MR) is 51.4 cm³/mol. The third-order valence-electron chi connectivity index (χ3n) is 2.34. The van der Waals surface area contributed by atoms with Gasteiger partial charge >= 0.3 is 18.3 Å². The molecule has 2 rings (SSSR count). The number of benzene rings is 1. The fourth-order valence-corrected chi connectivity index (χ4v) is 1.48. The molecule has 0 saturated carbocycles. The topological polar surface area (TPSA) is 34.9 Å². The number of hydrogen-bond donors (Lipinski definition) is 0. The van der Waals surface area contributed by atoms with Gasteiger partial charge in [0.1, 0.15) is 6.33 Å². The molecule has 0 fully saturated rings. The first-order valence-electron chi connectivity index (χ1n) is 4.76. The van der Waals surface area contributed by atoms with Crippen molar-refractivity contribution in [3.8, 4) is 0 Å². The number of imidazole rings is 1. The Labute approximate surface area is 101 Å². The van der Waals surface area contributed by atoms with Crippen LogP contribution in [0.4, 0.5) is 26.3 Å². The van der Waals surface area contributed by atoms with Crippen molar-refractivity contribution in [3.63, 3.8) is 0 Å². The molecule has 0 unspecified atom stereocenters. The maximum absolute atomic E-state index is 12.5. The summed E-state index contributed by atoms with van der Waals surface area (Å²) in [6.07, 6.45) is -9.37. The Hall–Kier alpha value is -2.06. The van der Waals surface area contributed by atoms with Gasteiger partial charge in [0.2, 0.25) is 0 Å². The van der Waals surface area contributed by atoms with Crippen molar-refractivity contribution in [1.82, 2.24) is 9.55 Å². The van der Waals surface area contributed by atoms with E-state index in [9.17, 15) is 31.1 Å². The number of carbonyl (C=O) groups is 1. The average Bonchev–Trinajstić information content (AvgIpc) is 2.67. The van der Waals surface area contributed by atoms with Crippen molar-refractivity contribution in [3.05, 3.63) is 30.1 Å². The van der Waals surface area contributed by atoms with Crippen molar-refractivity contribution in [2.75, 3.05) is 0 Å². The minimum Gasteiger partial charge on any atom is -0.264 e. The molecule has 2 aromatic rings. The molecule has 0 aliphatic rings. The van der Waals surface area contributed by atoms with E-state index >= 15 is 0 Å². The SMILES string of the molecule is O=C(n1cnc2ccc(C(F)(F)F)cc21)C(F)(F)F. The van der Waals surface area contributed by atoms with Crippen LogP contribution >= 0.6 is 0 Å². The maximum atomic E-state index is 12.5. The van der Waals surface area contributed by atoms with E-state index in [1.54, 1.807) is 0 Å². The molecular weight excluding hydrogens is 278 g/mol. The third-order valence-corrected chi connectivity index (χ3v) is 2.34. The molecule has 0 saturated heterocycles. The largest absolute Gasteiger partial charge is 0.472 e. The minimum atomic E-state index is -5.19. The number of hydrogen-bond acceptors (Lipinski definition) is 2. The Balaban J connectivity index is 2.62. The van der Waals surface area contributed by atoms with E-state index in [2.05, 4.69) is 4.98 Å². The lowest BCUT2D eigenvalue weighted by molar-refractivity contribution is -0.137. The Bertz CT molecular complexity index is 639. The molecule has 0 aliphatic carbocycles. The van der Waals surface area contributed by atoms with Gasteiger partial charge in [-0.3, -0.25) is 9.36 Å². The van der Waals surface area contributed by atoms with Crippen LogP contribution in [0.25, 0.3) is 11.0 Å². The number of halogens is 6. The van der Waals surface area contributed by atoms with E-state index in [0.29, 0.717) is 18.5 Å². The summed E-state index contributed by atoms with van der Waals surface area (Å²) in [4.78, 5) is 14.5. The summed E-state index contributed by atoms with van der Waals surface area (Å²) in [6, 6.07) is 2.03. The second-order valence-corrected chi connectivity index (χ2v) is 3.62. The smallest absolute Gasteiger partial charge is 0.264 e. The van der Waals surface area contributed by atoms with Gasteiger partial charge in [-0.05, 0) is 18.2 Å². The summed E-state index contributed by atoms with van der Waals surface area (Å²) < 4.78 is 74.2. The Morgan fingerprint density at radius 1 is 1.11 bits per heavy atom. The van der Waals surface area contributed by atoms with Gasteiger partial charge in [-0.25, -0.2) is 4.98 Å². The summed E-state index contributed by atoms with van der Waals surface area (Å²) in [5.41, 5.74) is -1.83. The van der Waals surface area contributed by atoms with Crippen LogP contribution in [0.3, 0.4) is 0 Å². The molecule has 0 spiro atoms. The Morgan fingerprint density at radius 3 is 2.26 bits per heavy atom. The van der Waals surface area contributed by atoms with E-state index < -0.39 is 29.3 Å². The van der Waals surface area contributed by atoms with Gasteiger partial charge < -0.3 is 0 Å². The minimum absolute atomic E-state index is 0.0462. The van der Waals surface area contributed by atoms with E-state index in [1.165, 1.54) is 0 Å². The highest BCUT2D eigenvalue weighted by molar-refractivity contribution is 5.93. The summed E-state index contributed by atoms with van der Waals surface area (Å²) in [7, 11) is 0. The Kier molecular flexibility index (Phi) is 2.79. The van der Waals surface area contributed by atoms with Crippen molar-refractivity contribution in [2.24, 2.45) is 0 Å². The molecule has 1 heterocycles. The monoisotopic (exact) mass is 282 g/mol. The van der Waals surface area contributed by atoms with Gasteiger partial charge in [-0.15, -0.1) is 0 Å². The number of aromatic nitrogens is 2. The second kappa shape index (κ2) is 3.97. The van der Waals surface area contributed by atoms with Gasteiger partial charge in [-0.1, -0.05) is 0 Å². The third kappa shape index (κ3) is 2.40. The summed E-state index contributed by atoms with van der Waals surface area (Å²) >= 11 is 0. The van der Waals surface area contributed by atoms with E-state index in [-0.39, 0.29) is 10.1 Å². The number of carbonyl (C=O) groups excluding carboxylic acids is 1. The van der Waals surface area contributed by atoms with Crippen LogP contribution in [0.15, 0.2) is 24.5 Å². The van der Waals surface area contributed by atoms with Crippen LogP contribution in [-0.4, -0.2) is 21.6 Å². The first kappa shape index (κ1) is 13.4. The van der Waals surface area contributed by atoms with Crippen LogP contribution in [-0.2, 0) is 6.18 Å². The highest BCUT2D eigenvalue weighted by atomic mass is 19.4. The molecule has 0 radical (unpaired) electrons. The molecule has 0 amide bonds. The number of alkyl halides is 6. The van der Waals surface area contributed by atoms with E-state index in [1.807, 2.05) is 0 Å². The van der Waals surface area contributed by atoms with Gasteiger partial charge in [0.05, 0.1) is 16.6 Å². The number of fused-ring (bicyclic) bond motifs is 1. The molecule has 102 valence electrons. The summed E-state index contributed by atoms with van der Waals surface area (Å²) in [6.45, 7) is 0. The van der Waals surface area contributed by atoms with E-state index in [0.717, 1.165) is 6.07 Å². The molecule has 3 nitrogen and oxygen atoms in total. The van der Waals surface area contributed by atoms with Crippen LogP contribution in [0.2, 0.25) is 0 Å². The first-order valence-corrected chi connectivity index (χ1v) is 4.76. The van der Waals surface area contributed by atoms with Gasteiger partial charge in [-0.2, -0.15) is 26.3 Å². The summed E-state index contributed by atoms with van der Waals surface area (Å²) in [5.74, 6) is -2.30. The molecule has 0 bridgehead atoms. The highest BCUT2D eigenvalue weighted by Gasteiger charge is 2.41. The summed E-state index contributed by atoms with van der Waals surface area (Å²) in [5, 5.41) is 0. The lowest BCUT2D eigenvalue weighted by atomic mass is 10.2. The zero-order valence-corrected chi connectivity index (χ0v) is 8.88. The lowest BCUT2D eigenvalue weighted by Crippen LogP contribution is -2.28. The highest BCUT2D eigenvalue weighted by Crippen LogP contribution is 2.31. The van der Waals surface area contributed by atoms with E-state index in [4.69, 9.17) is 0 Å². The second-order valence-electron chi connectivity index (χ2n) is 3.62. The van der Waals surface area contributed by atoms with Crippen LogP contribution in [0, 0.1) is 0 Å². The molecule has 9 heteroatoms.